The Labute approximate surface area is 127 Å². The van der Waals surface area contributed by atoms with Gasteiger partial charge in [-0.25, -0.2) is 4.98 Å². The summed E-state index contributed by atoms with van der Waals surface area (Å²) < 4.78 is 2.07. The minimum absolute atomic E-state index is 0.284. The molecule has 0 fully saturated rings. The maximum absolute atomic E-state index is 9.91. The van der Waals surface area contributed by atoms with Gasteiger partial charge in [0.25, 0.3) is 0 Å². The first kappa shape index (κ1) is 15.3. The molecular formula is C18H23N3. The van der Waals surface area contributed by atoms with Crippen molar-refractivity contribution in [3.8, 4) is 6.07 Å². The van der Waals surface area contributed by atoms with Crippen LogP contribution in [0.4, 0.5) is 0 Å². The SMILES string of the molecule is Cc1ccccc1C(C#N)(CCCn1ccnc1)C(C)C. The molecule has 2 rings (SSSR count). The average molecular weight is 281 g/mol. The largest absolute Gasteiger partial charge is 0.337 e. The van der Waals surface area contributed by atoms with Gasteiger partial charge < -0.3 is 4.57 Å². The lowest BCUT2D eigenvalue weighted by molar-refractivity contribution is 0.349. The van der Waals surface area contributed by atoms with Crippen molar-refractivity contribution in [2.45, 2.75) is 45.6 Å². The highest BCUT2D eigenvalue weighted by Gasteiger charge is 2.36. The molecule has 1 aromatic carbocycles. The first-order valence-corrected chi connectivity index (χ1v) is 7.53. The Morgan fingerprint density at radius 3 is 2.67 bits per heavy atom. The summed E-state index contributed by atoms with van der Waals surface area (Å²) in [5.41, 5.74) is 1.97. The van der Waals surface area contributed by atoms with E-state index in [-0.39, 0.29) is 5.92 Å². The van der Waals surface area contributed by atoms with Gasteiger partial charge in [-0.1, -0.05) is 38.1 Å². The van der Waals surface area contributed by atoms with Crippen molar-refractivity contribution in [2.24, 2.45) is 5.92 Å². The molecule has 0 aliphatic heterocycles. The van der Waals surface area contributed by atoms with Crippen molar-refractivity contribution in [1.29, 1.82) is 5.26 Å². The molecule has 21 heavy (non-hydrogen) atoms. The molecule has 0 radical (unpaired) electrons. The highest BCUT2D eigenvalue weighted by molar-refractivity contribution is 5.39. The number of aryl methyl sites for hydroxylation is 2. The smallest absolute Gasteiger partial charge is 0.0945 e. The maximum Gasteiger partial charge on any atom is 0.0945 e. The van der Waals surface area contributed by atoms with E-state index in [4.69, 9.17) is 0 Å². The summed E-state index contributed by atoms with van der Waals surface area (Å²) in [6.07, 6.45) is 7.43. The van der Waals surface area contributed by atoms with Crippen LogP contribution in [0.2, 0.25) is 0 Å². The van der Waals surface area contributed by atoms with Gasteiger partial charge in [0.1, 0.15) is 0 Å². The molecule has 0 aliphatic rings. The van der Waals surface area contributed by atoms with Crippen LogP contribution in [0.1, 0.15) is 37.8 Å². The zero-order chi connectivity index (χ0) is 15.3. The second-order valence-corrected chi connectivity index (χ2v) is 5.96. The fourth-order valence-corrected chi connectivity index (χ4v) is 3.01. The lowest BCUT2D eigenvalue weighted by atomic mass is 9.68. The van der Waals surface area contributed by atoms with Crippen LogP contribution in [0, 0.1) is 24.2 Å². The Kier molecular flexibility index (Phi) is 4.80. The normalized spacial score (nSPS) is 13.9. The van der Waals surface area contributed by atoms with Gasteiger partial charge in [-0.2, -0.15) is 5.26 Å². The van der Waals surface area contributed by atoms with Crippen LogP contribution in [0.25, 0.3) is 0 Å². The third-order valence-electron chi connectivity index (χ3n) is 4.36. The Balaban J connectivity index is 2.22. The molecule has 0 aliphatic carbocycles. The summed E-state index contributed by atoms with van der Waals surface area (Å²) in [6, 6.07) is 10.9. The van der Waals surface area contributed by atoms with Crippen LogP contribution in [-0.4, -0.2) is 9.55 Å². The minimum Gasteiger partial charge on any atom is -0.337 e. The molecule has 3 heteroatoms. The topological polar surface area (TPSA) is 41.6 Å². The highest BCUT2D eigenvalue weighted by Crippen LogP contribution is 2.38. The van der Waals surface area contributed by atoms with Crippen molar-refractivity contribution in [3.05, 3.63) is 54.1 Å². The third kappa shape index (κ3) is 3.16. The van der Waals surface area contributed by atoms with Crippen molar-refractivity contribution >= 4 is 0 Å². The van der Waals surface area contributed by atoms with Crippen LogP contribution >= 0.6 is 0 Å². The molecule has 110 valence electrons. The van der Waals surface area contributed by atoms with Gasteiger partial charge in [-0.05, 0) is 36.8 Å². The third-order valence-corrected chi connectivity index (χ3v) is 4.36. The van der Waals surface area contributed by atoms with Crippen molar-refractivity contribution < 1.29 is 0 Å². The van der Waals surface area contributed by atoms with E-state index in [0.29, 0.717) is 0 Å². The van der Waals surface area contributed by atoms with Crippen molar-refractivity contribution in [3.63, 3.8) is 0 Å². The van der Waals surface area contributed by atoms with E-state index in [0.717, 1.165) is 19.4 Å². The molecular weight excluding hydrogens is 258 g/mol. The summed E-state index contributed by atoms with van der Waals surface area (Å²) in [4.78, 5) is 4.06. The van der Waals surface area contributed by atoms with Crippen LogP contribution in [0.3, 0.4) is 0 Å². The number of benzene rings is 1. The van der Waals surface area contributed by atoms with Gasteiger partial charge in [-0.15, -0.1) is 0 Å². The average Bonchev–Trinajstić information content (AvgIpc) is 2.98. The summed E-state index contributed by atoms with van der Waals surface area (Å²) in [5.74, 6) is 0.284. The molecule has 1 aromatic heterocycles. The summed E-state index contributed by atoms with van der Waals surface area (Å²) in [7, 11) is 0. The number of hydrogen-bond acceptors (Lipinski definition) is 2. The number of hydrogen-bond donors (Lipinski definition) is 0. The molecule has 0 bridgehead atoms. The van der Waals surface area contributed by atoms with Crippen LogP contribution in [0.15, 0.2) is 43.0 Å². The number of nitrogens with zero attached hydrogens (tertiary/aromatic N) is 3. The lowest BCUT2D eigenvalue weighted by Crippen LogP contribution is -2.32. The number of imidazole rings is 1. The molecule has 0 saturated heterocycles. The Morgan fingerprint density at radius 2 is 2.10 bits per heavy atom. The molecule has 0 amide bonds. The van der Waals surface area contributed by atoms with E-state index in [2.05, 4.69) is 48.5 Å². The predicted molar refractivity (Wildman–Crippen MR) is 84.8 cm³/mol. The van der Waals surface area contributed by atoms with Crippen molar-refractivity contribution in [2.75, 3.05) is 0 Å². The second-order valence-electron chi connectivity index (χ2n) is 5.96. The lowest BCUT2D eigenvalue weighted by Gasteiger charge is -2.32. The van der Waals surface area contributed by atoms with E-state index >= 15 is 0 Å². The van der Waals surface area contributed by atoms with E-state index in [9.17, 15) is 5.26 Å². The zero-order valence-electron chi connectivity index (χ0n) is 13.1. The van der Waals surface area contributed by atoms with Crippen molar-refractivity contribution in [1.82, 2.24) is 9.55 Å². The first-order valence-electron chi connectivity index (χ1n) is 7.53. The van der Waals surface area contributed by atoms with Gasteiger partial charge in [-0.3, -0.25) is 0 Å². The molecule has 3 nitrogen and oxygen atoms in total. The quantitative estimate of drug-likeness (QED) is 0.800. The second kappa shape index (κ2) is 6.58. The van der Waals surface area contributed by atoms with Gasteiger partial charge in [0.15, 0.2) is 0 Å². The molecule has 2 aromatic rings. The first-order chi connectivity index (χ1) is 10.1. The number of nitriles is 1. The molecule has 1 unspecified atom stereocenters. The maximum atomic E-state index is 9.91. The van der Waals surface area contributed by atoms with Crippen LogP contribution in [-0.2, 0) is 12.0 Å². The van der Waals surface area contributed by atoms with E-state index in [1.165, 1.54) is 11.1 Å². The van der Waals surface area contributed by atoms with E-state index in [1.54, 1.807) is 6.20 Å². The standard InChI is InChI=1S/C18H23N3/c1-15(2)18(13-19,17-8-5-4-7-16(17)3)9-6-11-21-12-10-20-14-21/h4-5,7-8,10,12,14-15H,6,9,11H2,1-3H3. The highest BCUT2D eigenvalue weighted by atomic mass is 15.0. The Hall–Kier alpha value is -2.08. The van der Waals surface area contributed by atoms with E-state index in [1.807, 2.05) is 24.7 Å². The summed E-state index contributed by atoms with van der Waals surface area (Å²) >= 11 is 0. The fourth-order valence-electron chi connectivity index (χ4n) is 3.01. The monoisotopic (exact) mass is 281 g/mol. The van der Waals surface area contributed by atoms with Crippen LogP contribution in [0.5, 0.6) is 0 Å². The Bertz CT molecular complexity index is 608. The molecule has 0 N–H and O–H groups in total. The predicted octanol–water partition coefficient (Wildman–Crippen LogP) is 4.09. The molecule has 1 heterocycles. The van der Waals surface area contributed by atoms with E-state index < -0.39 is 5.41 Å². The minimum atomic E-state index is -0.411. The zero-order valence-corrected chi connectivity index (χ0v) is 13.1. The molecule has 0 saturated carbocycles. The van der Waals surface area contributed by atoms with Gasteiger partial charge in [0, 0.05) is 18.9 Å². The van der Waals surface area contributed by atoms with Gasteiger partial charge in [0.2, 0.25) is 0 Å². The molecule has 0 spiro atoms. The number of aromatic nitrogens is 2. The molecule has 1 atom stereocenters. The fraction of sp³-hybridized carbons (Fsp3) is 0.444. The Morgan fingerprint density at radius 1 is 1.33 bits per heavy atom. The van der Waals surface area contributed by atoms with Gasteiger partial charge in [0.05, 0.1) is 17.8 Å². The van der Waals surface area contributed by atoms with Crippen LogP contribution < -0.4 is 0 Å². The summed E-state index contributed by atoms with van der Waals surface area (Å²) in [6.45, 7) is 7.29. The summed E-state index contributed by atoms with van der Waals surface area (Å²) in [5, 5.41) is 9.91. The van der Waals surface area contributed by atoms with Gasteiger partial charge >= 0.3 is 0 Å². The number of rotatable bonds is 6.